The van der Waals surface area contributed by atoms with Crippen LogP contribution in [0.4, 0.5) is 0 Å². The second-order valence-corrected chi connectivity index (χ2v) is 6.70. The van der Waals surface area contributed by atoms with Gasteiger partial charge in [0.25, 0.3) is 5.91 Å². The highest BCUT2D eigenvalue weighted by Gasteiger charge is 2.49. The smallest absolute Gasteiger partial charge is 0.289 e. The van der Waals surface area contributed by atoms with Crippen molar-refractivity contribution < 1.29 is 19.7 Å². The molecule has 0 bridgehead atoms. The first-order valence-corrected chi connectivity index (χ1v) is 7.64. The molecule has 3 heterocycles. The van der Waals surface area contributed by atoms with Crippen LogP contribution in [-0.4, -0.2) is 67.6 Å². The molecule has 1 spiro atoms. The van der Waals surface area contributed by atoms with Gasteiger partial charge in [0.05, 0.1) is 17.8 Å². The number of hydrogen-bond acceptors (Lipinski definition) is 5. The summed E-state index contributed by atoms with van der Waals surface area (Å²) in [6.07, 6.45) is 4.22. The van der Waals surface area contributed by atoms with E-state index in [0.717, 1.165) is 0 Å². The van der Waals surface area contributed by atoms with Crippen molar-refractivity contribution in [3.05, 3.63) is 18.2 Å². The lowest BCUT2D eigenvalue weighted by Crippen LogP contribution is -2.59. The van der Waals surface area contributed by atoms with E-state index in [0.29, 0.717) is 38.2 Å². The van der Waals surface area contributed by atoms with Crippen molar-refractivity contribution in [2.24, 2.45) is 7.05 Å². The van der Waals surface area contributed by atoms with Crippen molar-refractivity contribution in [2.45, 2.75) is 43.5 Å². The molecule has 2 atom stereocenters. The summed E-state index contributed by atoms with van der Waals surface area (Å²) < 4.78 is 7.54. The van der Waals surface area contributed by atoms with Gasteiger partial charge in [-0.1, -0.05) is 0 Å². The number of carbonyl (C=O) groups is 1. The first-order valence-electron chi connectivity index (χ1n) is 7.64. The van der Waals surface area contributed by atoms with Gasteiger partial charge in [0.15, 0.2) is 5.82 Å². The average Bonchev–Trinajstić information content (AvgIpc) is 2.89. The number of aliphatic hydroxyl groups excluding tert-OH is 1. The van der Waals surface area contributed by atoms with Crippen LogP contribution in [0.2, 0.25) is 0 Å². The molecular formula is C15H23N3O4. The van der Waals surface area contributed by atoms with Gasteiger partial charge in [0.2, 0.25) is 0 Å². The third-order valence-corrected chi connectivity index (χ3v) is 4.92. The molecule has 0 radical (unpaired) electrons. The van der Waals surface area contributed by atoms with Crippen LogP contribution in [0.15, 0.2) is 12.4 Å². The number of aromatic nitrogens is 2. The summed E-state index contributed by atoms with van der Waals surface area (Å²) in [6, 6.07) is 0. The zero-order chi connectivity index (χ0) is 16.0. The van der Waals surface area contributed by atoms with Gasteiger partial charge >= 0.3 is 0 Å². The quantitative estimate of drug-likeness (QED) is 0.758. The van der Waals surface area contributed by atoms with E-state index in [1.165, 1.54) is 0 Å². The van der Waals surface area contributed by atoms with Gasteiger partial charge in [-0.3, -0.25) is 4.79 Å². The van der Waals surface area contributed by atoms with Crippen molar-refractivity contribution >= 4 is 5.91 Å². The minimum absolute atomic E-state index is 0.0787. The maximum Gasteiger partial charge on any atom is 0.289 e. The lowest BCUT2D eigenvalue weighted by Gasteiger charge is -2.49. The summed E-state index contributed by atoms with van der Waals surface area (Å²) in [5.74, 6) is 0.355. The maximum atomic E-state index is 12.4. The van der Waals surface area contributed by atoms with E-state index in [1.54, 1.807) is 35.8 Å². The predicted molar refractivity (Wildman–Crippen MR) is 78.3 cm³/mol. The van der Waals surface area contributed by atoms with Gasteiger partial charge in [-0.05, 0) is 19.8 Å². The van der Waals surface area contributed by atoms with Gasteiger partial charge in [-0.25, -0.2) is 4.98 Å². The van der Waals surface area contributed by atoms with Crippen LogP contribution in [0, 0.1) is 0 Å². The molecule has 0 unspecified atom stereocenters. The predicted octanol–water partition coefficient (Wildman–Crippen LogP) is -0.0729. The molecule has 0 aliphatic carbocycles. The van der Waals surface area contributed by atoms with E-state index in [4.69, 9.17) is 4.74 Å². The minimum Gasteiger partial charge on any atom is -0.388 e. The van der Waals surface area contributed by atoms with Crippen molar-refractivity contribution in [1.29, 1.82) is 0 Å². The average molecular weight is 309 g/mol. The summed E-state index contributed by atoms with van der Waals surface area (Å²) in [5.41, 5.74) is -1.58. The number of aryl methyl sites for hydroxylation is 1. The molecule has 2 aliphatic rings. The number of imidazole rings is 1. The number of amides is 1. The topological polar surface area (TPSA) is 87.8 Å². The summed E-state index contributed by atoms with van der Waals surface area (Å²) in [4.78, 5) is 18.3. The molecule has 22 heavy (non-hydrogen) atoms. The summed E-state index contributed by atoms with van der Waals surface area (Å²) in [6.45, 7) is 2.92. The van der Waals surface area contributed by atoms with Crippen molar-refractivity contribution in [2.75, 3.05) is 19.7 Å². The van der Waals surface area contributed by atoms with E-state index in [9.17, 15) is 15.0 Å². The zero-order valence-corrected chi connectivity index (χ0v) is 13.0. The second-order valence-electron chi connectivity index (χ2n) is 6.70. The normalized spacial score (nSPS) is 31.5. The van der Waals surface area contributed by atoms with Gasteiger partial charge in [0, 0.05) is 39.0 Å². The van der Waals surface area contributed by atoms with E-state index >= 15 is 0 Å². The monoisotopic (exact) mass is 309 g/mol. The van der Waals surface area contributed by atoms with Crippen LogP contribution in [0.5, 0.6) is 0 Å². The standard InChI is InChI=1S/C15H23N3O4/c1-14(21)10-15(22-9-11(14)19)3-6-18(7-4-15)13(20)12-16-5-8-17(12)2/h5,8,11,19,21H,3-4,6-7,9-10H2,1-2H3/t11-,14-/m0/s1. The third kappa shape index (κ3) is 2.64. The number of aliphatic hydroxyl groups is 2. The zero-order valence-electron chi connectivity index (χ0n) is 13.0. The number of rotatable bonds is 1. The number of carbonyl (C=O) groups excluding carboxylic acids is 1. The molecule has 122 valence electrons. The third-order valence-electron chi connectivity index (χ3n) is 4.92. The van der Waals surface area contributed by atoms with Gasteiger partial charge in [-0.15, -0.1) is 0 Å². The summed E-state index contributed by atoms with van der Waals surface area (Å²) in [7, 11) is 1.80. The molecule has 2 N–H and O–H groups in total. The molecule has 3 rings (SSSR count). The molecular weight excluding hydrogens is 286 g/mol. The summed E-state index contributed by atoms with van der Waals surface area (Å²) >= 11 is 0. The fraction of sp³-hybridized carbons (Fsp3) is 0.733. The molecule has 2 saturated heterocycles. The lowest BCUT2D eigenvalue weighted by atomic mass is 9.76. The van der Waals surface area contributed by atoms with E-state index in [2.05, 4.69) is 4.98 Å². The number of likely N-dealkylation sites (tertiary alicyclic amines) is 1. The second kappa shape index (κ2) is 5.33. The highest BCUT2D eigenvalue weighted by molar-refractivity contribution is 5.90. The Kier molecular flexibility index (Phi) is 3.74. The van der Waals surface area contributed by atoms with E-state index < -0.39 is 17.3 Å². The molecule has 2 fully saturated rings. The minimum atomic E-state index is -1.13. The van der Waals surface area contributed by atoms with E-state index in [-0.39, 0.29) is 12.5 Å². The Labute approximate surface area is 129 Å². The van der Waals surface area contributed by atoms with Crippen molar-refractivity contribution in [1.82, 2.24) is 14.5 Å². The van der Waals surface area contributed by atoms with Crippen molar-refractivity contribution in [3.8, 4) is 0 Å². The Hall–Kier alpha value is -1.44. The lowest BCUT2D eigenvalue weighted by molar-refractivity contribution is -0.221. The van der Waals surface area contributed by atoms with Gasteiger partial charge < -0.3 is 24.4 Å². The Morgan fingerprint density at radius 1 is 1.45 bits per heavy atom. The first-order chi connectivity index (χ1) is 10.3. The molecule has 7 nitrogen and oxygen atoms in total. The molecule has 0 saturated carbocycles. The largest absolute Gasteiger partial charge is 0.388 e. The Morgan fingerprint density at radius 2 is 2.14 bits per heavy atom. The van der Waals surface area contributed by atoms with Crippen LogP contribution < -0.4 is 0 Å². The first kappa shape index (κ1) is 15.5. The van der Waals surface area contributed by atoms with Crippen LogP contribution in [-0.2, 0) is 11.8 Å². The Balaban J connectivity index is 1.66. The van der Waals surface area contributed by atoms with Crippen LogP contribution >= 0.6 is 0 Å². The molecule has 1 aromatic heterocycles. The number of ether oxygens (including phenoxy) is 1. The van der Waals surface area contributed by atoms with E-state index in [1.807, 2.05) is 0 Å². The highest BCUT2D eigenvalue weighted by Crippen LogP contribution is 2.39. The van der Waals surface area contributed by atoms with Crippen LogP contribution in [0.1, 0.15) is 36.8 Å². The van der Waals surface area contributed by atoms with Crippen LogP contribution in [0.3, 0.4) is 0 Å². The number of piperidine rings is 1. The summed E-state index contributed by atoms with van der Waals surface area (Å²) in [5, 5.41) is 20.1. The Morgan fingerprint density at radius 3 is 2.68 bits per heavy atom. The molecule has 1 aromatic rings. The molecule has 2 aliphatic heterocycles. The van der Waals surface area contributed by atoms with Gasteiger partial charge in [0.1, 0.15) is 6.10 Å². The van der Waals surface area contributed by atoms with Crippen LogP contribution in [0.25, 0.3) is 0 Å². The maximum absolute atomic E-state index is 12.4. The Bertz CT molecular complexity index is 561. The fourth-order valence-corrected chi connectivity index (χ4v) is 3.41. The fourth-order valence-electron chi connectivity index (χ4n) is 3.41. The molecule has 1 amide bonds. The molecule has 0 aromatic carbocycles. The SMILES string of the molecule is Cn1ccnc1C(=O)N1CCC2(CC1)C[C@](C)(O)[C@@H](O)CO2. The number of nitrogens with zero attached hydrogens (tertiary/aromatic N) is 3. The molecule has 7 heteroatoms. The van der Waals surface area contributed by atoms with Crippen molar-refractivity contribution in [3.63, 3.8) is 0 Å². The highest BCUT2D eigenvalue weighted by atomic mass is 16.5. The van der Waals surface area contributed by atoms with Gasteiger partial charge in [-0.2, -0.15) is 0 Å². The number of hydrogen-bond donors (Lipinski definition) is 2.